The number of fused-ring (bicyclic) bond motifs is 1. The van der Waals surface area contributed by atoms with E-state index < -0.39 is 41.5 Å². The molecule has 2 aromatic heterocycles. The van der Waals surface area contributed by atoms with Gasteiger partial charge in [0.2, 0.25) is 6.10 Å². The zero-order chi connectivity index (χ0) is 24.3. The Morgan fingerprint density at radius 3 is 2.56 bits per heavy atom. The summed E-state index contributed by atoms with van der Waals surface area (Å²) in [5.74, 6) is 0.0354. The molecule has 0 bridgehead atoms. The molecular formula is C21H19F6N5O2. The molecule has 2 atom stereocenters. The highest BCUT2D eigenvalue weighted by atomic mass is 19.4. The Morgan fingerprint density at radius 2 is 1.88 bits per heavy atom. The number of halogens is 6. The standard InChI is InChI=1S/C21H19F6N5O2/c22-20(23,24)11-7-13(30-15(8-11)32-6-5-28-14(9-32)10-1-2-10)12-3-4-29-18-16(12)17(21(25,26)27)34-19(33)31-18/h3-4,7-8,10,14,17,28H,1-2,5-6,9H2,(H,29,31,33)/t14-,17+/m0/s1. The van der Waals surface area contributed by atoms with E-state index in [4.69, 9.17) is 0 Å². The zero-order valence-corrected chi connectivity index (χ0v) is 17.5. The van der Waals surface area contributed by atoms with Gasteiger partial charge in [-0.3, -0.25) is 5.32 Å². The number of piperazine rings is 1. The number of cyclic esters (lactones) is 1. The van der Waals surface area contributed by atoms with Crippen LogP contribution < -0.4 is 15.5 Å². The largest absolute Gasteiger partial charge is 0.431 e. The molecule has 2 aromatic rings. The lowest BCUT2D eigenvalue weighted by atomic mass is 9.98. The van der Waals surface area contributed by atoms with Gasteiger partial charge in [0.15, 0.2) is 0 Å². The Kier molecular flexibility index (Phi) is 5.34. The van der Waals surface area contributed by atoms with E-state index in [1.165, 1.54) is 0 Å². The number of nitrogens with one attached hydrogen (secondary N) is 2. The molecule has 0 radical (unpaired) electrons. The van der Waals surface area contributed by atoms with Crippen LogP contribution in [0.15, 0.2) is 24.4 Å². The molecule has 2 fully saturated rings. The summed E-state index contributed by atoms with van der Waals surface area (Å²) in [5, 5.41) is 5.44. The van der Waals surface area contributed by atoms with Gasteiger partial charge in [0, 0.05) is 37.4 Å². The molecule has 2 aliphatic heterocycles. The number of rotatable bonds is 3. The number of hydrogen-bond acceptors (Lipinski definition) is 6. The van der Waals surface area contributed by atoms with Crippen LogP contribution >= 0.6 is 0 Å². The van der Waals surface area contributed by atoms with Crippen molar-refractivity contribution in [3.05, 3.63) is 35.5 Å². The van der Waals surface area contributed by atoms with Crippen molar-refractivity contribution in [1.82, 2.24) is 15.3 Å². The number of carbonyl (C=O) groups is 1. The van der Waals surface area contributed by atoms with Crippen molar-refractivity contribution in [2.75, 3.05) is 29.9 Å². The average Bonchev–Trinajstić information content (AvgIpc) is 3.62. The molecule has 34 heavy (non-hydrogen) atoms. The minimum absolute atomic E-state index is 0.0202. The summed E-state index contributed by atoms with van der Waals surface area (Å²) < 4.78 is 86.9. The van der Waals surface area contributed by atoms with Gasteiger partial charge in [-0.05, 0) is 37.0 Å². The summed E-state index contributed by atoms with van der Waals surface area (Å²) in [6, 6.07) is 2.85. The lowest BCUT2D eigenvalue weighted by Gasteiger charge is -2.35. The molecule has 7 nitrogen and oxygen atoms in total. The third-order valence-corrected chi connectivity index (χ3v) is 6.13. The summed E-state index contributed by atoms with van der Waals surface area (Å²) in [5.41, 5.74) is -2.21. The summed E-state index contributed by atoms with van der Waals surface area (Å²) in [7, 11) is 0. The van der Waals surface area contributed by atoms with Crippen molar-refractivity contribution in [2.45, 2.75) is 37.3 Å². The first-order valence-electron chi connectivity index (χ1n) is 10.6. The number of anilines is 2. The Morgan fingerprint density at radius 1 is 1.12 bits per heavy atom. The van der Waals surface area contributed by atoms with Crippen molar-refractivity contribution < 1.29 is 35.9 Å². The number of aromatic nitrogens is 2. The number of hydrogen-bond donors (Lipinski definition) is 2. The SMILES string of the molecule is O=C1Nc2nccc(-c3cc(C(F)(F)F)cc(N4CCN[C@H](C5CC5)C4)n3)c2[C@H](C(F)(F)F)O1. The van der Waals surface area contributed by atoms with Gasteiger partial charge in [0.1, 0.15) is 11.6 Å². The quantitative estimate of drug-likeness (QED) is 0.621. The van der Waals surface area contributed by atoms with Gasteiger partial charge in [0.05, 0.1) is 16.8 Å². The first-order valence-corrected chi connectivity index (χ1v) is 10.6. The van der Waals surface area contributed by atoms with E-state index in [1.807, 2.05) is 0 Å². The Labute approximate surface area is 189 Å². The fourth-order valence-electron chi connectivity index (χ4n) is 4.36. The number of nitrogens with zero attached hydrogens (tertiary/aromatic N) is 3. The van der Waals surface area contributed by atoms with Gasteiger partial charge < -0.3 is 15.0 Å². The molecule has 5 rings (SSSR count). The number of alkyl halides is 6. The molecule has 0 aromatic carbocycles. The summed E-state index contributed by atoms with van der Waals surface area (Å²) >= 11 is 0. The van der Waals surface area contributed by atoms with Crippen LogP contribution in [0.3, 0.4) is 0 Å². The number of pyridine rings is 2. The summed E-state index contributed by atoms with van der Waals surface area (Å²) in [6.07, 6.45) is -10.6. The third-order valence-electron chi connectivity index (χ3n) is 6.13. The highest BCUT2D eigenvalue weighted by Gasteiger charge is 2.49. The second-order valence-corrected chi connectivity index (χ2v) is 8.51. The second kappa shape index (κ2) is 8.00. The second-order valence-electron chi connectivity index (χ2n) is 8.51. The minimum Gasteiger partial charge on any atom is -0.431 e. The topological polar surface area (TPSA) is 79.4 Å². The first kappa shape index (κ1) is 22.7. The highest BCUT2D eigenvalue weighted by Crippen LogP contribution is 2.46. The lowest BCUT2D eigenvalue weighted by Crippen LogP contribution is -2.52. The Bertz CT molecular complexity index is 1120. The molecule has 1 amide bonds. The number of amides is 1. The van der Waals surface area contributed by atoms with E-state index in [2.05, 4.69) is 25.3 Å². The highest BCUT2D eigenvalue weighted by molar-refractivity contribution is 5.89. The molecule has 1 saturated carbocycles. The van der Waals surface area contributed by atoms with E-state index in [0.717, 1.165) is 31.2 Å². The van der Waals surface area contributed by atoms with Gasteiger partial charge in [-0.15, -0.1) is 0 Å². The molecule has 1 saturated heterocycles. The normalized spacial score (nSPS) is 23.2. The van der Waals surface area contributed by atoms with Crippen LogP contribution in [0.4, 0.5) is 42.8 Å². The molecular weight excluding hydrogens is 468 g/mol. The molecule has 3 aliphatic rings. The fraction of sp³-hybridized carbons (Fsp3) is 0.476. The van der Waals surface area contributed by atoms with Crippen LogP contribution in [0.1, 0.15) is 30.1 Å². The average molecular weight is 487 g/mol. The maximum atomic E-state index is 13.8. The molecule has 13 heteroatoms. The maximum absolute atomic E-state index is 13.8. The molecule has 182 valence electrons. The van der Waals surface area contributed by atoms with E-state index in [9.17, 15) is 31.1 Å². The number of carbonyl (C=O) groups excluding carboxylic acids is 1. The fourth-order valence-corrected chi connectivity index (χ4v) is 4.36. The number of ether oxygens (including phenoxy) is 1. The van der Waals surface area contributed by atoms with Gasteiger partial charge in [-0.25, -0.2) is 14.8 Å². The molecule has 2 N–H and O–H groups in total. The monoisotopic (exact) mass is 487 g/mol. The van der Waals surface area contributed by atoms with Crippen molar-refractivity contribution in [3.63, 3.8) is 0 Å². The van der Waals surface area contributed by atoms with Gasteiger partial charge >= 0.3 is 18.4 Å². The van der Waals surface area contributed by atoms with Crippen LogP contribution in [0, 0.1) is 5.92 Å². The molecule has 1 aliphatic carbocycles. The molecule has 4 heterocycles. The van der Waals surface area contributed by atoms with E-state index >= 15 is 0 Å². The summed E-state index contributed by atoms with van der Waals surface area (Å²) in [4.78, 5) is 21.4. The van der Waals surface area contributed by atoms with Crippen LogP contribution in [-0.2, 0) is 10.9 Å². The van der Waals surface area contributed by atoms with Crippen molar-refractivity contribution in [1.29, 1.82) is 0 Å². The molecule has 0 unspecified atom stereocenters. The van der Waals surface area contributed by atoms with E-state index in [0.29, 0.717) is 31.6 Å². The van der Waals surface area contributed by atoms with E-state index in [1.54, 1.807) is 4.90 Å². The summed E-state index contributed by atoms with van der Waals surface area (Å²) in [6.45, 7) is 1.39. The Balaban J connectivity index is 1.63. The smallest absolute Gasteiger partial charge is 0.430 e. The maximum Gasteiger partial charge on any atom is 0.430 e. The third kappa shape index (κ3) is 4.36. The van der Waals surface area contributed by atoms with Gasteiger partial charge in [-0.2, -0.15) is 26.3 Å². The van der Waals surface area contributed by atoms with Crippen molar-refractivity contribution >= 4 is 17.7 Å². The van der Waals surface area contributed by atoms with Crippen LogP contribution in [0.25, 0.3) is 11.3 Å². The van der Waals surface area contributed by atoms with Crippen molar-refractivity contribution in [2.24, 2.45) is 5.92 Å². The lowest BCUT2D eigenvalue weighted by molar-refractivity contribution is -0.206. The predicted octanol–water partition coefficient (Wildman–Crippen LogP) is 4.52. The van der Waals surface area contributed by atoms with Crippen molar-refractivity contribution in [3.8, 4) is 11.3 Å². The van der Waals surface area contributed by atoms with Gasteiger partial charge in [0.25, 0.3) is 0 Å². The molecule has 0 spiro atoms. The first-order chi connectivity index (χ1) is 16.0. The van der Waals surface area contributed by atoms with Crippen LogP contribution in [0.5, 0.6) is 0 Å². The Hall–Kier alpha value is -3.09. The van der Waals surface area contributed by atoms with Gasteiger partial charge in [-0.1, -0.05) is 0 Å². The predicted molar refractivity (Wildman–Crippen MR) is 108 cm³/mol. The van der Waals surface area contributed by atoms with E-state index in [-0.39, 0.29) is 23.1 Å². The van der Waals surface area contributed by atoms with Crippen LogP contribution in [-0.4, -0.2) is 47.9 Å². The van der Waals surface area contributed by atoms with Crippen LogP contribution in [0.2, 0.25) is 0 Å². The zero-order valence-electron chi connectivity index (χ0n) is 17.5. The minimum atomic E-state index is -5.01.